The van der Waals surface area contributed by atoms with Gasteiger partial charge in [0.2, 0.25) is 5.91 Å². The molecule has 1 saturated heterocycles. The summed E-state index contributed by atoms with van der Waals surface area (Å²) in [4.78, 5) is 11.7. The van der Waals surface area contributed by atoms with E-state index in [0.717, 1.165) is 17.7 Å². The summed E-state index contributed by atoms with van der Waals surface area (Å²) < 4.78 is 37.2. The lowest BCUT2D eigenvalue weighted by molar-refractivity contribution is -0.137. The Kier molecular flexibility index (Phi) is 4.84. The van der Waals surface area contributed by atoms with E-state index in [4.69, 9.17) is 0 Å². The molecule has 4 nitrogen and oxygen atoms in total. The Morgan fingerprint density at radius 3 is 2.48 bits per heavy atom. The van der Waals surface area contributed by atoms with Crippen LogP contribution in [0.2, 0.25) is 0 Å². The highest BCUT2D eigenvalue weighted by Crippen LogP contribution is 2.29. The van der Waals surface area contributed by atoms with Crippen molar-refractivity contribution in [2.45, 2.75) is 37.7 Å². The highest BCUT2D eigenvalue weighted by Gasteiger charge is 2.30. The maximum Gasteiger partial charge on any atom is 0.416 e. The second-order valence-corrected chi connectivity index (χ2v) is 5.05. The quantitative estimate of drug-likeness (QED) is 0.788. The Bertz CT molecular complexity index is 488. The van der Waals surface area contributed by atoms with Gasteiger partial charge in [0.1, 0.15) is 6.23 Å². The van der Waals surface area contributed by atoms with E-state index in [1.165, 1.54) is 12.1 Å². The number of hydrogen-bond acceptors (Lipinski definition) is 3. The molecule has 0 aromatic heterocycles. The molecule has 1 aliphatic heterocycles. The van der Waals surface area contributed by atoms with E-state index >= 15 is 0 Å². The molecule has 1 fully saturated rings. The van der Waals surface area contributed by atoms with Crippen molar-refractivity contribution in [3.8, 4) is 0 Å². The van der Waals surface area contributed by atoms with E-state index in [1.807, 2.05) is 0 Å². The summed E-state index contributed by atoms with van der Waals surface area (Å²) >= 11 is 0. The first-order valence-electron chi connectivity index (χ1n) is 6.74. The Morgan fingerprint density at radius 2 is 1.95 bits per heavy atom. The number of halogens is 3. The van der Waals surface area contributed by atoms with Crippen LogP contribution in [-0.2, 0) is 17.4 Å². The predicted octanol–water partition coefficient (Wildman–Crippen LogP) is 1.43. The Hall–Kier alpha value is -1.60. The maximum absolute atomic E-state index is 12.4. The lowest BCUT2D eigenvalue weighted by atomic mass is 10.1. The average Bonchev–Trinajstić information content (AvgIpc) is 2.85. The first-order chi connectivity index (χ1) is 9.86. The minimum absolute atomic E-state index is 0.196. The molecular formula is C14H17F3N2O2. The van der Waals surface area contributed by atoms with Crippen molar-refractivity contribution < 1.29 is 23.1 Å². The Labute approximate surface area is 120 Å². The molecule has 21 heavy (non-hydrogen) atoms. The molecule has 0 saturated carbocycles. The molecule has 116 valence electrons. The number of hydrogen-bond donors (Lipinski definition) is 3. The van der Waals surface area contributed by atoms with Crippen LogP contribution in [0.15, 0.2) is 24.3 Å². The lowest BCUT2D eigenvalue weighted by Gasteiger charge is -2.12. The van der Waals surface area contributed by atoms with Crippen LogP contribution >= 0.6 is 0 Å². The fourth-order valence-electron chi connectivity index (χ4n) is 2.24. The zero-order chi connectivity index (χ0) is 15.5. The zero-order valence-corrected chi connectivity index (χ0v) is 11.3. The maximum atomic E-state index is 12.4. The van der Waals surface area contributed by atoms with Gasteiger partial charge < -0.3 is 10.4 Å². The number of benzene rings is 1. The monoisotopic (exact) mass is 302 g/mol. The van der Waals surface area contributed by atoms with Gasteiger partial charge in [0.25, 0.3) is 0 Å². The van der Waals surface area contributed by atoms with Crippen LogP contribution in [0.1, 0.15) is 24.0 Å². The third-order valence-corrected chi connectivity index (χ3v) is 3.43. The highest BCUT2D eigenvalue weighted by atomic mass is 19.4. The standard InChI is InChI=1S/C14H17F3N2O2/c15-14(16,17)10-3-1-9(2-4-10)7-8-18-13(21)11-5-6-12(20)19-11/h1-4,11-12,19-20H,5-8H2,(H,18,21)/t11-,12-/m0/s1. The molecule has 1 amide bonds. The minimum Gasteiger partial charge on any atom is -0.379 e. The molecule has 2 rings (SSSR count). The molecule has 0 aliphatic carbocycles. The molecule has 1 heterocycles. The average molecular weight is 302 g/mol. The van der Waals surface area contributed by atoms with Crippen molar-refractivity contribution in [2.75, 3.05) is 6.54 Å². The van der Waals surface area contributed by atoms with Gasteiger partial charge in [-0.3, -0.25) is 10.1 Å². The first kappa shape index (κ1) is 15.8. The molecule has 0 spiro atoms. The number of alkyl halides is 3. The fraction of sp³-hybridized carbons (Fsp3) is 0.500. The molecule has 0 unspecified atom stereocenters. The molecule has 0 bridgehead atoms. The van der Waals surface area contributed by atoms with Crippen LogP contribution in [0.25, 0.3) is 0 Å². The van der Waals surface area contributed by atoms with Gasteiger partial charge in [0, 0.05) is 6.54 Å². The van der Waals surface area contributed by atoms with E-state index in [0.29, 0.717) is 25.8 Å². The third-order valence-electron chi connectivity index (χ3n) is 3.43. The number of amides is 1. The van der Waals surface area contributed by atoms with Crippen molar-refractivity contribution in [1.82, 2.24) is 10.6 Å². The molecule has 1 aromatic rings. The van der Waals surface area contributed by atoms with Crippen molar-refractivity contribution >= 4 is 5.91 Å². The van der Waals surface area contributed by atoms with E-state index in [2.05, 4.69) is 10.6 Å². The molecule has 1 aromatic carbocycles. The molecule has 1 aliphatic rings. The van der Waals surface area contributed by atoms with Crippen molar-refractivity contribution in [3.05, 3.63) is 35.4 Å². The van der Waals surface area contributed by atoms with Gasteiger partial charge in [-0.2, -0.15) is 13.2 Å². The molecule has 2 atom stereocenters. The SMILES string of the molecule is O=C(NCCc1ccc(C(F)(F)F)cc1)[C@@H]1CC[C@H](O)N1. The number of carbonyl (C=O) groups excluding carboxylic acids is 1. The fourth-order valence-corrected chi connectivity index (χ4v) is 2.24. The molecule has 7 heteroatoms. The first-order valence-corrected chi connectivity index (χ1v) is 6.74. The van der Waals surface area contributed by atoms with Gasteiger partial charge in [0.15, 0.2) is 0 Å². The number of aliphatic hydroxyl groups excluding tert-OH is 1. The van der Waals surface area contributed by atoms with E-state index in [-0.39, 0.29) is 5.91 Å². The van der Waals surface area contributed by atoms with Crippen LogP contribution in [0, 0.1) is 0 Å². The van der Waals surface area contributed by atoms with Gasteiger partial charge in [-0.15, -0.1) is 0 Å². The Morgan fingerprint density at radius 1 is 1.29 bits per heavy atom. The molecule has 0 radical (unpaired) electrons. The van der Waals surface area contributed by atoms with Gasteiger partial charge in [0.05, 0.1) is 11.6 Å². The van der Waals surface area contributed by atoms with E-state index in [1.54, 1.807) is 0 Å². The highest BCUT2D eigenvalue weighted by molar-refractivity contribution is 5.82. The van der Waals surface area contributed by atoms with E-state index in [9.17, 15) is 23.1 Å². The van der Waals surface area contributed by atoms with Crippen molar-refractivity contribution in [3.63, 3.8) is 0 Å². The van der Waals surface area contributed by atoms with Crippen LogP contribution in [0.3, 0.4) is 0 Å². The van der Waals surface area contributed by atoms with Crippen LogP contribution < -0.4 is 10.6 Å². The summed E-state index contributed by atoms with van der Waals surface area (Å²) in [7, 11) is 0. The minimum atomic E-state index is -4.33. The van der Waals surface area contributed by atoms with Gasteiger partial charge in [-0.25, -0.2) is 0 Å². The number of rotatable bonds is 4. The lowest BCUT2D eigenvalue weighted by Crippen LogP contribution is -2.43. The summed E-state index contributed by atoms with van der Waals surface area (Å²) in [5, 5.41) is 14.7. The Balaban J connectivity index is 1.77. The summed E-state index contributed by atoms with van der Waals surface area (Å²) in [6, 6.07) is 4.49. The van der Waals surface area contributed by atoms with Crippen LogP contribution in [-0.4, -0.2) is 29.8 Å². The molecular weight excluding hydrogens is 285 g/mol. The number of nitrogens with one attached hydrogen (secondary N) is 2. The molecule has 3 N–H and O–H groups in total. The van der Waals surface area contributed by atoms with Crippen molar-refractivity contribution in [1.29, 1.82) is 0 Å². The van der Waals surface area contributed by atoms with Gasteiger partial charge in [-0.05, 0) is 37.0 Å². The van der Waals surface area contributed by atoms with Crippen LogP contribution in [0.5, 0.6) is 0 Å². The predicted molar refractivity (Wildman–Crippen MR) is 70.3 cm³/mol. The topological polar surface area (TPSA) is 61.4 Å². The second kappa shape index (κ2) is 6.44. The number of carbonyl (C=O) groups is 1. The third kappa shape index (κ3) is 4.44. The second-order valence-electron chi connectivity index (χ2n) is 5.05. The summed E-state index contributed by atoms with van der Waals surface area (Å²) in [5.41, 5.74) is 0.0437. The van der Waals surface area contributed by atoms with Gasteiger partial charge >= 0.3 is 6.18 Å². The summed E-state index contributed by atoms with van der Waals surface area (Å²) in [5.74, 6) is -0.196. The van der Waals surface area contributed by atoms with Crippen LogP contribution in [0.4, 0.5) is 13.2 Å². The largest absolute Gasteiger partial charge is 0.416 e. The normalized spacial score (nSPS) is 22.3. The van der Waals surface area contributed by atoms with Gasteiger partial charge in [-0.1, -0.05) is 12.1 Å². The smallest absolute Gasteiger partial charge is 0.379 e. The number of aliphatic hydroxyl groups is 1. The summed E-state index contributed by atoms with van der Waals surface area (Å²) in [6.45, 7) is 0.346. The summed E-state index contributed by atoms with van der Waals surface area (Å²) in [6.07, 6.45) is -3.40. The zero-order valence-electron chi connectivity index (χ0n) is 11.3. The van der Waals surface area contributed by atoms with Crippen molar-refractivity contribution in [2.24, 2.45) is 0 Å². The van der Waals surface area contributed by atoms with E-state index < -0.39 is 24.0 Å².